The van der Waals surface area contributed by atoms with Crippen molar-refractivity contribution < 1.29 is 4.74 Å². The lowest BCUT2D eigenvalue weighted by Gasteiger charge is -2.28. The monoisotopic (exact) mass is 297 g/mol. The number of methoxy groups -OCH3 is 1. The van der Waals surface area contributed by atoms with Crippen LogP contribution in [0, 0.1) is 6.92 Å². The van der Waals surface area contributed by atoms with Crippen molar-refractivity contribution in [2.45, 2.75) is 25.7 Å². The fraction of sp³-hybridized carbons (Fsp3) is 0.444. The van der Waals surface area contributed by atoms with E-state index in [1.165, 1.54) is 19.4 Å². The number of hydrogen-bond donors (Lipinski definition) is 0. The van der Waals surface area contributed by atoms with E-state index in [4.69, 9.17) is 9.72 Å². The lowest BCUT2D eigenvalue weighted by atomic mass is 9.97. The van der Waals surface area contributed by atoms with E-state index < -0.39 is 0 Å². The van der Waals surface area contributed by atoms with Crippen LogP contribution < -0.4 is 4.74 Å². The summed E-state index contributed by atoms with van der Waals surface area (Å²) in [4.78, 5) is 11.9. The van der Waals surface area contributed by atoms with Crippen LogP contribution in [0.3, 0.4) is 0 Å². The second-order valence-corrected chi connectivity index (χ2v) is 6.08. The Labute approximate surface area is 132 Å². The molecule has 3 rings (SSSR count). The molecule has 4 heteroatoms. The molecule has 1 atom stereocenters. The molecule has 22 heavy (non-hydrogen) atoms. The summed E-state index contributed by atoms with van der Waals surface area (Å²) in [6.45, 7) is 4.27. The van der Waals surface area contributed by atoms with Crippen molar-refractivity contribution in [1.29, 1.82) is 0 Å². The van der Waals surface area contributed by atoms with Crippen LogP contribution >= 0.6 is 0 Å². The van der Waals surface area contributed by atoms with E-state index in [0.717, 1.165) is 35.1 Å². The van der Waals surface area contributed by atoms with E-state index in [0.29, 0.717) is 5.92 Å². The Morgan fingerprint density at radius 1 is 1.18 bits per heavy atom. The van der Waals surface area contributed by atoms with Crippen LogP contribution in [0.1, 0.15) is 30.3 Å². The fourth-order valence-electron chi connectivity index (χ4n) is 3.06. The van der Waals surface area contributed by atoms with Crippen LogP contribution in [-0.2, 0) is 0 Å². The van der Waals surface area contributed by atoms with Gasteiger partial charge in [-0.25, -0.2) is 9.97 Å². The first-order chi connectivity index (χ1) is 10.7. The second-order valence-electron chi connectivity index (χ2n) is 6.08. The van der Waals surface area contributed by atoms with Crippen molar-refractivity contribution in [3.63, 3.8) is 0 Å². The third-order valence-electron chi connectivity index (χ3n) is 4.25. The highest BCUT2D eigenvalue weighted by atomic mass is 16.5. The third-order valence-corrected chi connectivity index (χ3v) is 4.25. The number of piperidine rings is 1. The molecular weight excluding hydrogens is 274 g/mol. The summed E-state index contributed by atoms with van der Waals surface area (Å²) in [5.74, 6) is 2.29. The summed E-state index contributed by atoms with van der Waals surface area (Å²) in [7, 11) is 3.86. The summed E-state index contributed by atoms with van der Waals surface area (Å²) in [5.41, 5.74) is 3.14. The maximum absolute atomic E-state index is 5.22. The predicted molar refractivity (Wildman–Crippen MR) is 88.2 cm³/mol. The average Bonchev–Trinajstić information content (AvgIpc) is 2.54. The number of aromatic nitrogens is 2. The maximum Gasteiger partial charge on any atom is 0.133 e. The predicted octanol–water partition coefficient (Wildman–Crippen LogP) is 3.27. The minimum Gasteiger partial charge on any atom is -0.497 e. The summed E-state index contributed by atoms with van der Waals surface area (Å²) < 4.78 is 5.22. The van der Waals surface area contributed by atoms with Crippen molar-refractivity contribution in [3.8, 4) is 17.0 Å². The zero-order chi connectivity index (χ0) is 15.5. The standard InChI is InChI=1S/C18H23N3O/c1-13-11-17(14-6-8-16(22-3)9-7-14)20-18(19-13)15-5-4-10-21(2)12-15/h6-9,11,15H,4-5,10,12H2,1-3H3/t15-/m0/s1. The number of likely N-dealkylation sites (tertiary alicyclic amines) is 1. The minimum atomic E-state index is 0.440. The highest BCUT2D eigenvalue weighted by molar-refractivity contribution is 5.60. The zero-order valence-corrected chi connectivity index (χ0v) is 13.5. The molecule has 1 aromatic heterocycles. The van der Waals surface area contributed by atoms with Gasteiger partial charge in [-0.05, 0) is 63.7 Å². The first-order valence-electron chi connectivity index (χ1n) is 7.84. The summed E-state index contributed by atoms with van der Waals surface area (Å²) >= 11 is 0. The van der Waals surface area contributed by atoms with Gasteiger partial charge in [-0.3, -0.25) is 0 Å². The number of ether oxygens (including phenoxy) is 1. The average molecular weight is 297 g/mol. The van der Waals surface area contributed by atoms with Crippen molar-refractivity contribution in [2.75, 3.05) is 27.2 Å². The van der Waals surface area contributed by atoms with Crippen LogP contribution in [0.2, 0.25) is 0 Å². The zero-order valence-electron chi connectivity index (χ0n) is 13.5. The molecule has 0 amide bonds. The number of hydrogen-bond acceptors (Lipinski definition) is 4. The smallest absolute Gasteiger partial charge is 0.133 e. The topological polar surface area (TPSA) is 38.2 Å². The molecule has 0 unspecified atom stereocenters. The first kappa shape index (κ1) is 15.0. The number of aryl methyl sites for hydroxylation is 1. The van der Waals surface area contributed by atoms with E-state index in [-0.39, 0.29) is 0 Å². The summed E-state index contributed by atoms with van der Waals surface area (Å²) in [6, 6.07) is 10.1. The fourth-order valence-corrected chi connectivity index (χ4v) is 3.06. The Balaban J connectivity index is 1.91. The van der Waals surface area contributed by atoms with E-state index in [1.807, 2.05) is 19.1 Å². The highest BCUT2D eigenvalue weighted by Crippen LogP contribution is 2.27. The van der Waals surface area contributed by atoms with Crippen molar-refractivity contribution in [3.05, 3.63) is 41.9 Å². The molecule has 0 bridgehead atoms. The van der Waals surface area contributed by atoms with Crippen molar-refractivity contribution >= 4 is 0 Å². The molecule has 1 aromatic carbocycles. The molecule has 1 aliphatic rings. The van der Waals surface area contributed by atoms with Gasteiger partial charge in [0.1, 0.15) is 11.6 Å². The lowest BCUT2D eigenvalue weighted by molar-refractivity contribution is 0.246. The third kappa shape index (κ3) is 3.28. The van der Waals surface area contributed by atoms with Gasteiger partial charge in [-0.1, -0.05) is 0 Å². The van der Waals surface area contributed by atoms with Gasteiger partial charge < -0.3 is 9.64 Å². The van der Waals surface area contributed by atoms with Gasteiger partial charge in [0.15, 0.2) is 0 Å². The van der Waals surface area contributed by atoms with Gasteiger partial charge in [0, 0.05) is 23.7 Å². The van der Waals surface area contributed by atoms with Crippen LogP contribution in [-0.4, -0.2) is 42.1 Å². The molecule has 0 spiro atoms. The van der Waals surface area contributed by atoms with Gasteiger partial charge in [0.2, 0.25) is 0 Å². The van der Waals surface area contributed by atoms with Gasteiger partial charge in [0.25, 0.3) is 0 Å². The second kappa shape index (κ2) is 6.44. The van der Waals surface area contributed by atoms with Crippen molar-refractivity contribution in [1.82, 2.24) is 14.9 Å². The summed E-state index contributed by atoms with van der Waals surface area (Å²) in [6.07, 6.45) is 2.40. The van der Waals surface area contributed by atoms with Crippen molar-refractivity contribution in [2.24, 2.45) is 0 Å². The Kier molecular flexibility index (Phi) is 4.39. The quantitative estimate of drug-likeness (QED) is 0.871. The molecule has 2 heterocycles. The molecule has 0 N–H and O–H groups in total. The first-order valence-corrected chi connectivity index (χ1v) is 7.84. The van der Waals surface area contributed by atoms with E-state index in [2.05, 4.69) is 35.1 Å². The maximum atomic E-state index is 5.22. The Morgan fingerprint density at radius 3 is 2.64 bits per heavy atom. The van der Waals surface area contributed by atoms with Gasteiger partial charge in [-0.15, -0.1) is 0 Å². The molecular formula is C18H23N3O. The van der Waals surface area contributed by atoms with Gasteiger partial charge in [0.05, 0.1) is 12.8 Å². The highest BCUT2D eigenvalue weighted by Gasteiger charge is 2.22. The molecule has 0 saturated carbocycles. The number of rotatable bonds is 3. The van der Waals surface area contributed by atoms with E-state index in [9.17, 15) is 0 Å². The Hall–Kier alpha value is -1.94. The lowest BCUT2D eigenvalue weighted by Crippen LogP contribution is -2.31. The normalized spacial score (nSPS) is 19.1. The molecule has 1 aliphatic heterocycles. The van der Waals surface area contributed by atoms with E-state index in [1.54, 1.807) is 7.11 Å². The van der Waals surface area contributed by atoms with Gasteiger partial charge in [-0.2, -0.15) is 0 Å². The van der Waals surface area contributed by atoms with Crippen LogP contribution in [0.15, 0.2) is 30.3 Å². The summed E-state index contributed by atoms with van der Waals surface area (Å²) in [5, 5.41) is 0. The molecule has 1 fully saturated rings. The number of likely N-dealkylation sites (N-methyl/N-ethyl adjacent to an activating group) is 1. The molecule has 4 nitrogen and oxygen atoms in total. The Morgan fingerprint density at radius 2 is 1.95 bits per heavy atom. The van der Waals surface area contributed by atoms with Crippen LogP contribution in [0.5, 0.6) is 5.75 Å². The Bertz CT molecular complexity index is 639. The SMILES string of the molecule is COc1ccc(-c2cc(C)nc([C@H]3CCCN(C)C3)n2)cc1. The molecule has 1 saturated heterocycles. The number of benzene rings is 1. The van der Waals surface area contributed by atoms with Crippen LogP contribution in [0.25, 0.3) is 11.3 Å². The molecule has 116 valence electrons. The van der Waals surface area contributed by atoms with Gasteiger partial charge >= 0.3 is 0 Å². The molecule has 0 radical (unpaired) electrons. The molecule has 0 aliphatic carbocycles. The largest absolute Gasteiger partial charge is 0.497 e. The van der Waals surface area contributed by atoms with Crippen LogP contribution in [0.4, 0.5) is 0 Å². The minimum absolute atomic E-state index is 0.440. The van der Waals surface area contributed by atoms with E-state index >= 15 is 0 Å². The number of nitrogens with zero attached hydrogens (tertiary/aromatic N) is 3. The molecule has 2 aromatic rings.